The van der Waals surface area contributed by atoms with Gasteiger partial charge in [-0.3, -0.25) is 0 Å². The molecule has 0 aliphatic heterocycles. The van der Waals surface area contributed by atoms with Crippen molar-refractivity contribution in [1.82, 2.24) is 19.6 Å². The van der Waals surface area contributed by atoms with Gasteiger partial charge >= 0.3 is 6.18 Å². The van der Waals surface area contributed by atoms with E-state index >= 15 is 0 Å². The molecular formula is C16H16F3N5O2S. The zero-order valence-corrected chi connectivity index (χ0v) is 15.5. The molecule has 0 aromatic carbocycles. The van der Waals surface area contributed by atoms with Gasteiger partial charge in [-0.25, -0.2) is 22.9 Å². The maximum Gasteiger partial charge on any atom is 0.417 e. The van der Waals surface area contributed by atoms with E-state index < -0.39 is 21.6 Å². The first-order valence-electron chi connectivity index (χ1n) is 7.87. The third-order valence-corrected chi connectivity index (χ3v) is 5.68. The summed E-state index contributed by atoms with van der Waals surface area (Å²) >= 11 is 0. The molecule has 3 aromatic heterocycles. The van der Waals surface area contributed by atoms with E-state index in [1.807, 2.05) is 0 Å². The van der Waals surface area contributed by atoms with Gasteiger partial charge in [0, 0.05) is 20.3 Å². The molecule has 11 heteroatoms. The van der Waals surface area contributed by atoms with Crippen molar-refractivity contribution in [2.24, 2.45) is 0 Å². The van der Waals surface area contributed by atoms with Crippen molar-refractivity contribution in [2.75, 3.05) is 24.7 Å². The highest BCUT2D eigenvalue weighted by Crippen LogP contribution is 2.31. The second-order valence-electron chi connectivity index (χ2n) is 5.99. The number of fused-ring (bicyclic) bond motifs is 1. The molecule has 0 amide bonds. The second kappa shape index (κ2) is 6.48. The third-order valence-electron chi connectivity index (χ3n) is 3.94. The number of nitrogens with zero attached hydrogens (tertiary/aromatic N) is 5. The topological polar surface area (TPSA) is 80.5 Å². The van der Waals surface area contributed by atoms with Gasteiger partial charge in [0.25, 0.3) is 0 Å². The van der Waals surface area contributed by atoms with Crippen LogP contribution in [-0.4, -0.2) is 47.8 Å². The van der Waals surface area contributed by atoms with E-state index in [1.54, 1.807) is 19.0 Å². The molecule has 3 rings (SSSR count). The van der Waals surface area contributed by atoms with Gasteiger partial charge in [-0.15, -0.1) is 5.10 Å². The van der Waals surface area contributed by atoms with Crippen molar-refractivity contribution in [3.8, 4) is 11.5 Å². The van der Waals surface area contributed by atoms with Gasteiger partial charge < -0.3 is 4.90 Å². The van der Waals surface area contributed by atoms with E-state index in [0.29, 0.717) is 5.69 Å². The summed E-state index contributed by atoms with van der Waals surface area (Å²) in [7, 11) is -0.186. The summed E-state index contributed by atoms with van der Waals surface area (Å²) in [6, 6.07) is 3.51. The monoisotopic (exact) mass is 399 g/mol. The largest absolute Gasteiger partial charge is 0.417 e. The molecule has 0 saturated carbocycles. The first-order valence-corrected chi connectivity index (χ1v) is 9.52. The Balaban J connectivity index is 2.21. The standard InChI is InChI=1S/C16H16F3N5O2S/c1-4-27(25,26)12-7-11(23(2)3)8-20-14(12)15-21-13-6-5-10(16(17,18)19)9-24(13)22-15/h5-9H,4H2,1-3H3. The molecular weight excluding hydrogens is 383 g/mol. The molecule has 0 N–H and O–H groups in total. The van der Waals surface area contributed by atoms with Crippen LogP contribution in [0.25, 0.3) is 17.2 Å². The predicted molar refractivity (Wildman–Crippen MR) is 93.3 cm³/mol. The molecule has 3 heterocycles. The SMILES string of the molecule is CCS(=O)(=O)c1cc(N(C)C)cnc1-c1nc2ccc(C(F)(F)F)cn2n1. The Labute approximate surface area is 153 Å². The number of aromatic nitrogens is 4. The van der Waals surface area contributed by atoms with E-state index in [2.05, 4.69) is 15.1 Å². The first kappa shape index (κ1) is 19.1. The number of anilines is 1. The summed E-state index contributed by atoms with van der Waals surface area (Å²) in [6.07, 6.45) is -2.27. The van der Waals surface area contributed by atoms with Crippen LogP contribution in [0.5, 0.6) is 0 Å². The number of hydrogen-bond donors (Lipinski definition) is 0. The normalized spacial score (nSPS) is 12.5. The minimum atomic E-state index is -4.53. The molecule has 0 aliphatic rings. The molecule has 0 aliphatic carbocycles. The average molecular weight is 399 g/mol. The lowest BCUT2D eigenvalue weighted by Gasteiger charge is -2.14. The molecule has 0 saturated heterocycles. The highest BCUT2D eigenvalue weighted by Gasteiger charge is 2.31. The summed E-state index contributed by atoms with van der Waals surface area (Å²) in [4.78, 5) is 9.93. The number of pyridine rings is 2. The quantitative estimate of drug-likeness (QED) is 0.671. The molecule has 27 heavy (non-hydrogen) atoms. The van der Waals surface area contributed by atoms with Crippen LogP contribution in [0.4, 0.5) is 18.9 Å². The lowest BCUT2D eigenvalue weighted by atomic mass is 10.3. The maximum absolute atomic E-state index is 12.9. The molecule has 0 spiro atoms. The number of hydrogen-bond acceptors (Lipinski definition) is 6. The number of alkyl halides is 3. The summed E-state index contributed by atoms with van der Waals surface area (Å²) in [6.45, 7) is 1.49. The van der Waals surface area contributed by atoms with Crippen molar-refractivity contribution in [2.45, 2.75) is 18.0 Å². The predicted octanol–water partition coefficient (Wildman–Crippen LogP) is 2.67. The molecule has 0 fully saturated rings. The smallest absolute Gasteiger partial charge is 0.376 e. The summed E-state index contributed by atoms with van der Waals surface area (Å²) in [5.41, 5.74) is -0.172. The van der Waals surface area contributed by atoms with Crippen molar-refractivity contribution < 1.29 is 21.6 Å². The number of halogens is 3. The van der Waals surface area contributed by atoms with Crippen molar-refractivity contribution in [3.05, 3.63) is 36.2 Å². The van der Waals surface area contributed by atoms with Crippen LogP contribution < -0.4 is 4.90 Å². The first-order chi connectivity index (χ1) is 12.5. The minimum absolute atomic E-state index is 0.000270. The van der Waals surface area contributed by atoms with Crippen molar-refractivity contribution >= 4 is 21.2 Å². The Morgan fingerprint density at radius 3 is 2.52 bits per heavy atom. The van der Waals surface area contributed by atoms with E-state index in [4.69, 9.17) is 0 Å². The molecule has 3 aromatic rings. The highest BCUT2D eigenvalue weighted by molar-refractivity contribution is 7.91. The van der Waals surface area contributed by atoms with Gasteiger partial charge in [-0.05, 0) is 18.2 Å². The fourth-order valence-corrected chi connectivity index (χ4v) is 3.44. The Morgan fingerprint density at radius 2 is 1.93 bits per heavy atom. The van der Waals surface area contributed by atoms with Crippen molar-refractivity contribution in [3.63, 3.8) is 0 Å². The van der Waals surface area contributed by atoms with Crippen LogP contribution in [0.1, 0.15) is 12.5 Å². The van der Waals surface area contributed by atoms with Crippen LogP contribution in [-0.2, 0) is 16.0 Å². The zero-order chi connectivity index (χ0) is 20.0. The van der Waals surface area contributed by atoms with E-state index in [-0.39, 0.29) is 27.8 Å². The van der Waals surface area contributed by atoms with Gasteiger partial charge in [-0.1, -0.05) is 6.92 Å². The Morgan fingerprint density at radius 1 is 1.22 bits per heavy atom. The molecule has 0 unspecified atom stereocenters. The fraction of sp³-hybridized carbons (Fsp3) is 0.312. The van der Waals surface area contributed by atoms with Gasteiger partial charge in [0.15, 0.2) is 15.5 Å². The lowest BCUT2D eigenvalue weighted by molar-refractivity contribution is -0.137. The number of rotatable bonds is 4. The third kappa shape index (κ3) is 3.59. The van der Waals surface area contributed by atoms with Crippen molar-refractivity contribution in [1.29, 1.82) is 0 Å². The van der Waals surface area contributed by atoms with Crippen LogP contribution >= 0.6 is 0 Å². The van der Waals surface area contributed by atoms with Crippen LogP contribution in [0.3, 0.4) is 0 Å². The lowest BCUT2D eigenvalue weighted by Crippen LogP contribution is -2.13. The van der Waals surface area contributed by atoms with E-state index in [0.717, 1.165) is 16.8 Å². The van der Waals surface area contributed by atoms with E-state index in [9.17, 15) is 21.6 Å². The van der Waals surface area contributed by atoms with Gasteiger partial charge in [-0.2, -0.15) is 13.2 Å². The summed E-state index contributed by atoms with van der Waals surface area (Å²) < 4.78 is 64.6. The maximum atomic E-state index is 12.9. The molecule has 0 radical (unpaired) electrons. The Hall–Kier alpha value is -2.69. The Kier molecular flexibility index (Phi) is 4.58. The highest BCUT2D eigenvalue weighted by atomic mass is 32.2. The molecule has 144 valence electrons. The minimum Gasteiger partial charge on any atom is -0.376 e. The summed E-state index contributed by atoms with van der Waals surface area (Å²) in [5.74, 6) is -0.226. The van der Waals surface area contributed by atoms with Gasteiger partial charge in [0.05, 0.1) is 28.1 Å². The molecule has 0 bridgehead atoms. The zero-order valence-electron chi connectivity index (χ0n) is 14.7. The molecule has 0 atom stereocenters. The van der Waals surface area contributed by atoms with Gasteiger partial charge in [0.2, 0.25) is 5.82 Å². The van der Waals surface area contributed by atoms with Crippen LogP contribution in [0, 0.1) is 0 Å². The van der Waals surface area contributed by atoms with Crippen LogP contribution in [0.2, 0.25) is 0 Å². The fourth-order valence-electron chi connectivity index (χ4n) is 2.39. The second-order valence-corrected chi connectivity index (χ2v) is 8.24. The average Bonchev–Trinajstić information content (AvgIpc) is 3.03. The number of sulfone groups is 1. The van der Waals surface area contributed by atoms with E-state index in [1.165, 1.54) is 25.3 Å². The van der Waals surface area contributed by atoms with Crippen LogP contribution in [0.15, 0.2) is 35.5 Å². The Bertz CT molecular complexity index is 1110. The molecule has 7 nitrogen and oxygen atoms in total. The summed E-state index contributed by atoms with van der Waals surface area (Å²) in [5, 5.41) is 4.01. The van der Waals surface area contributed by atoms with Gasteiger partial charge in [0.1, 0.15) is 5.69 Å².